The summed E-state index contributed by atoms with van der Waals surface area (Å²) >= 11 is 7.25. The van der Waals surface area contributed by atoms with Crippen LogP contribution in [0.1, 0.15) is 35.8 Å². The monoisotopic (exact) mass is 575 g/mol. The first-order valence-corrected chi connectivity index (χ1v) is 13.7. The zero-order valence-electron chi connectivity index (χ0n) is 21.5. The van der Waals surface area contributed by atoms with Gasteiger partial charge in [0.2, 0.25) is 5.95 Å². The van der Waals surface area contributed by atoms with Crippen LogP contribution in [0.5, 0.6) is 0 Å². The lowest BCUT2D eigenvalue weighted by molar-refractivity contribution is -0.139. The number of hydrogen-bond donors (Lipinski definition) is 2. The van der Waals surface area contributed by atoms with Gasteiger partial charge < -0.3 is 14.4 Å². The molecule has 2 N–H and O–H groups in total. The van der Waals surface area contributed by atoms with Gasteiger partial charge in [0.15, 0.2) is 0 Å². The van der Waals surface area contributed by atoms with Gasteiger partial charge in [-0.1, -0.05) is 23.7 Å². The number of ether oxygens (including phenoxy) is 1. The average Bonchev–Trinajstić information content (AvgIpc) is 2.89. The van der Waals surface area contributed by atoms with Crippen LogP contribution in [-0.2, 0) is 9.53 Å². The Balaban J connectivity index is 1.56. The van der Waals surface area contributed by atoms with Crippen molar-refractivity contribution in [2.45, 2.75) is 32.6 Å². The summed E-state index contributed by atoms with van der Waals surface area (Å²) in [6.45, 7) is 4.15. The number of carbonyl (C=O) groups excluding carboxylic acids is 2. The number of aromatic nitrogens is 2. The number of esters is 1. The number of nitrogens with one attached hydrogen (secondary N) is 2. The van der Waals surface area contributed by atoms with E-state index in [0.717, 1.165) is 5.56 Å². The van der Waals surface area contributed by atoms with Crippen LogP contribution in [0, 0.1) is 6.92 Å². The number of nitrogens with zero attached hydrogens (tertiary/aromatic N) is 3. The minimum Gasteiger partial charge on any atom is -0.465 e. The van der Waals surface area contributed by atoms with Gasteiger partial charge in [-0.15, -0.1) is 0 Å². The van der Waals surface area contributed by atoms with E-state index in [4.69, 9.17) is 16.3 Å². The Morgan fingerprint density at radius 1 is 1.10 bits per heavy atom. The van der Waals surface area contributed by atoms with Gasteiger partial charge in [0.1, 0.15) is 11.6 Å². The SMILES string of the molecule is CCOC(=O)CSNc1ccc(C(=O)Nc2nc(C)cc(N3CCC(F)(F)CC3)n2)c(-c2ccc(Cl)cc2)c1. The van der Waals surface area contributed by atoms with E-state index in [-0.39, 0.29) is 43.6 Å². The molecule has 0 aliphatic carbocycles. The van der Waals surface area contributed by atoms with Gasteiger partial charge in [0, 0.05) is 54.0 Å². The van der Waals surface area contributed by atoms with Crippen LogP contribution in [0.25, 0.3) is 11.1 Å². The van der Waals surface area contributed by atoms with Gasteiger partial charge in [-0.3, -0.25) is 14.9 Å². The first-order chi connectivity index (χ1) is 18.6. The van der Waals surface area contributed by atoms with E-state index in [9.17, 15) is 18.4 Å². The highest BCUT2D eigenvalue weighted by Crippen LogP contribution is 2.32. The molecule has 0 unspecified atom stereocenters. The van der Waals surface area contributed by atoms with Crippen molar-refractivity contribution < 1.29 is 23.1 Å². The molecule has 1 amide bonds. The standard InChI is InChI=1S/C27H28ClF2N5O3S/c1-3-38-24(36)16-39-34-20-8-9-21(22(15-20)18-4-6-19(28)7-5-18)25(37)33-26-31-17(2)14-23(32-26)35-12-10-27(29,30)11-13-35/h4-9,14-15,34H,3,10-13,16H2,1-2H3,(H,31,32,33,37). The van der Waals surface area contributed by atoms with Crippen LogP contribution < -0.4 is 14.9 Å². The lowest BCUT2D eigenvalue weighted by Gasteiger charge is -2.32. The second-order valence-electron chi connectivity index (χ2n) is 8.95. The van der Waals surface area contributed by atoms with E-state index in [1.807, 2.05) is 0 Å². The fourth-order valence-corrected chi connectivity index (χ4v) is 4.75. The van der Waals surface area contributed by atoms with Gasteiger partial charge in [-0.05, 0) is 67.3 Å². The zero-order chi connectivity index (χ0) is 28.0. The van der Waals surface area contributed by atoms with Gasteiger partial charge >= 0.3 is 5.97 Å². The molecule has 0 radical (unpaired) electrons. The van der Waals surface area contributed by atoms with Crippen molar-refractivity contribution >= 4 is 52.9 Å². The van der Waals surface area contributed by atoms with Crippen molar-refractivity contribution in [2.24, 2.45) is 0 Å². The number of anilines is 3. The fourth-order valence-electron chi connectivity index (χ4n) is 4.06. The summed E-state index contributed by atoms with van der Waals surface area (Å²) in [7, 11) is 0. The highest BCUT2D eigenvalue weighted by molar-refractivity contribution is 8.01. The molecule has 1 saturated heterocycles. The molecule has 0 spiro atoms. The predicted octanol–water partition coefficient (Wildman–Crippen LogP) is 6.22. The first-order valence-electron chi connectivity index (χ1n) is 12.4. The highest BCUT2D eigenvalue weighted by Gasteiger charge is 2.34. The summed E-state index contributed by atoms with van der Waals surface area (Å²) in [6.07, 6.45) is -0.499. The molecule has 1 aliphatic rings. The normalized spacial score (nSPS) is 14.5. The molecule has 0 saturated carbocycles. The number of rotatable bonds is 9. The predicted molar refractivity (Wildman–Crippen MR) is 151 cm³/mol. The molecule has 2 aromatic carbocycles. The average molecular weight is 576 g/mol. The Kier molecular flexibility index (Phi) is 9.24. The van der Waals surface area contributed by atoms with Crippen molar-refractivity contribution in [1.29, 1.82) is 0 Å². The van der Waals surface area contributed by atoms with Gasteiger partial charge in [0.05, 0.1) is 6.61 Å². The van der Waals surface area contributed by atoms with Crippen LogP contribution in [-0.4, -0.2) is 53.2 Å². The first kappa shape index (κ1) is 28.6. The smallest absolute Gasteiger partial charge is 0.317 e. The summed E-state index contributed by atoms with van der Waals surface area (Å²) in [5.74, 6) is -2.75. The summed E-state index contributed by atoms with van der Waals surface area (Å²) < 4.78 is 35.3. The number of alkyl halides is 2. The van der Waals surface area contributed by atoms with E-state index in [1.165, 1.54) is 11.9 Å². The number of amides is 1. The van der Waals surface area contributed by atoms with Crippen molar-refractivity contribution in [3.05, 3.63) is 64.8 Å². The third-order valence-corrected chi connectivity index (χ3v) is 7.00. The summed E-state index contributed by atoms with van der Waals surface area (Å²) in [6, 6.07) is 14.0. The van der Waals surface area contributed by atoms with Crippen LogP contribution in [0.15, 0.2) is 48.5 Å². The lowest BCUT2D eigenvalue weighted by atomic mass is 9.98. The second kappa shape index (κ2) is 12.6. The zero-order valence-corrected chi connectivity index (χ0v) is 23.0. The van der Waals surface area contributed by atoms with Gasteiger partial charge in [0.25, 0.3) is 11.8 Å². The van der Waals surface area contributed by atoms with Crippen LogP contribution >= 0.6 is 23.5 Å². The third kappa shape index (κ3) is 7.79. The van der Waals surface area contributed by atoms with E-state index in [2.05, 4.69) is 20.0 Å². The Bertz CT molecular complexity index is 1330. The molecule has 0 bridgehead atoms. The molecule has 2 heterocycles. The molecule has 12 heteroatoms. The topological polar surface area (TPSA) is 96.4 Å². The number of benzene rings is 2. The van der Waals surface area contributed by atoms with E-state index < -0.39 is 11.8 Å². The molecule has 206 valence electrons. The Hall–Kier alpha value is -3.44. The highest BCUT2D eigenvalue weighted by atomic mass is 35.5. The maximum Gasteiger partial charge on any atom is 0.317 e. The number of aryl methyl sites for hydroxylation is 1. The van der Waals surface area contributed by atoms with Gasteiger partial charge in [-0.2, -0.15) is 4.98 Å². The molecule has 1 fully saturated rings. The Labute approximate surface area is 234 Å². The number of carbonyl (C=O) groups is 2. The van der Waals surface area contributed by atoms with Crippen molar-refractivity contribution in [3.63, 3.8) is 0 Å². The largest absolute Gasteiger partial charge is 0.465 e. The lowest BCUT2D eigenvalue weighted by Crippen LogP contribution is -2.39. The fraction of sp³-hybridized carbons (Fsp3) is 0.333. The van der Waals surface area contributed by atoms with Crippen LogP contribution in [0.3, 0.4) is 0 Å². The Morgan fingerprint density at radius 3 is 2.51 bits per heavy atom. The van der Waals surface area contributed by atoms with Crippen LogP contribution in [0.2, 0.25) is 5.02 Å². The molecule has 8 nitrogen and oxygen atoms in total. The molecule has 1 aliphatic heterocycles. The number of piperidine rings is 1. The van der Waals surface area contributed by atoms with Crippen molar-refractivity contribution in [2.75, 3.05) is 40.4 Å². The van der Waals surface area contributed by atoms with Crippen LogP contribution in [0.4, 0.5) is 26.2 Å². The Morgan fingerprint density at radius 2 is 1.82 bits per heavy atom. The molecule has 1 aromatic heterocycles. The van der Waals surface area contributed by atoms with E-state index >= 15 is 0 Å². The maximum absolute atomic E-state index is 13.6. The summed E-state index contributed by atoms with van der Waals surface area (Å²) in [5, 5.41) is 3.31. The molecule has 39 heavy (non-hydrogen) atoms. The molecule has 4 rings (SSSR count). The van der Waals surface area contributed by atoms with Crippen molar-refractivity contribution in [1.82, 2.24) is 9.97 Å². The second-order valence-corrected chi connectivity index (χ2v) is 10.2. The van der Waals surface area contributed by atoms with E-state index in [0.29, 0.717) is 40.0 Å². The van der Waals surface area contributed by atoms with Crippen molar-refractivity contribution in [3.8, 4) is 11.1 Å². The quantitative estimate of drug-likeness (QED) is 0.229. The minimum atomic E-state index is -2.67. The number of halogens is 3. The minimum absolute atomic E-state index is 0.0848. The molecular weight excluding hydrogens is 548 g/mol. The van der Waals surface area contributed by atoms with Gasteiger partial charge in [-0.25, -0.2) is 13.8 Å². The molecule has 3 aromatic rings. The molecule has 0 atom stereocenters. The molecular formula is C27H28ClF2N5O3S. The maximum atomic E-state index is 13.6. The van der Waals surface area contributed by atoms with E-state index in [1.54, 1.807) is 67.3 Å². The number of hydrogen-bond acceptors (Lipinski definition) is 8. The summed E-state index contributed by atoms with van der Waals surface area (Å²) in [4.78, 5) is 35.6. The third-order valence-electron chi connectivity index (χ3n) is 5.99. The summed E-state index contributed by atoms with van der Waals surface area (Å²) in [5.41, 5.74) is 3.02.